The van der Waals surface area contributed by atoms with Crippen molar-refractivity contribution in [2.24, 2.45) is 5.92 Å². The van der Waals surface area contributed by atoms with Crippen LogP contribution in [-0.4, -0.2) is 35.8 Å². The smallest absolute Gasteiger partial charge is 0.254 e. The van der Waals surface area contributed by atoms with Crippen LogP contribution in [0, 0.1) is 9.49 Å². The number of piperidine rings is 1. The molecule has 21 heavy (non-hydrogen) atoms. The maximum atomic E-state index is 12.6. The van der Waals surface area contributed by atoms with Crippen LogP contribution in [0.5, 0.6) is 0 Å². The van der Waals surface area contributed by atoms with Crippen LogP contribution in [0.2, 0.25) is 0 Å². The van der Waals surface area contributed by atoms with Gasteiger partial charge in [0, 0.05) is 28.6 Å². The molecule has 1 aromatic rings. The largest absolute Gasteiger partial charge is 0.351 e. The van der Waals surface area contributed by atoms with Gasteiger partial charge in [-0.25, -0.2) is 0 Å². The lowest BCUT2D eigenvalue weighted by Gasteiger charge is -2.33. The van der Waals surface area contributed by atoms with Crippen LogP contribution in [0.15, 0.2) is 24.3 Å². The van der Waals surface area contributed by atoms with Gasteiger partial charge in [-0.2, -0.15) is 0 Å². The minimum atomic E-state index is -0.0221. The van der Waals surface area contributed by atoms with Gasteiger partial charge in [-0.1, -0.05) is 26.0 Å². The lowest BCUT2D eigenvalue weighted by atomic mass is 10.0. The van der Waals surface area contributed by atoms with Gasteiger partial charge in [0.25, 0.3) is 5.91 Å². The van der Waals surface area contributed by atoms with E-state index >= 15 is 0 Å². The Balaban J connectivity index is 2.02. The predicted octanol–water partition coefficient (Wildman–Crippen LogP) is 2.67. The van der Waals surface area contributed by atoms with E-state index in [-0.39, 0.29) is 23.8 Å². The fourth-order valence-electron chi connectivity index (χ4n) is 2.45. The zero-order chi connectivity index (χ0) is 15.4. The summed E-state index contributed by atoms with van der Waals surface area (Å²) in [6.07, 6.45) is 1.87. The number of nitrogens with one attached hydrogen (secondary N) is 1. The van der Waals surface area contributed by atoms with Crippen molar-refractivity contribution in [3.8, 4) is 0 Å². The zero-order valence-corrected chi connectivity index (χ0v) is 14.6. The van der Waals surface area contributed by atoms with Crippen LogP contribution >= 0.6 is 22.6 Å². The molecule has 1 aliphatic rings. The Hall–Kier alpha value is -1.11. The molecule has 0 aromatic heterocycles. The summed E-state index contributed by atoms with van der Waals surface area (Å²) in [5.41, 5.74) is 0.744. The van der Waals surface area contributed by atoms with Crippen LogP contribution in [0.3, 0.4) is 0 Å². The van der Waals surface area contributed by atoms with E-state index < -0.39 is 0 Å². The van der Waals surface area contributed by atoms with Gasteiger partial charge in [0.2, 0.25) is 5.91 Å². The van der Waals surface area contributed by atoms with Gasteiger partial charge in [0.1, 0.15) is 0 Å². The molecule has 1 unspecified atom stereocenters. The molecular weight excluding hydrogens is 379 g/mol. The molecule has 1 aromatic carbocycles. The number of halogens is 1. The average Bonchev–Trinajstić information content (AvgIpc) is 2.47. The summed E-state index contributed by atoms with van der Waals surface area (Å²) < 4.78 is 0.966. The predicted molar refractivity (Wildman–Crippen MR) is 91.1 cm³/mol. The number of rotatable bonds is 3. The van der Waals surface area contributed by atoms with Gasteiger partial charge in [-0.3, -0.25) is 9.59 Å². The molecule has 5 heteroatoms. The summed E-state index contributed by atoms with van der Waals surface area (Å²) in [5.74, 6) is 0.0956. The highest BCUT2D eigenvalue weighted by Crippen LogP contribution is 2.18. The molecule has 0 spiro atoms. The molecule has 114 valence electrons. The minimum Gasteiger partial charge on any atom is -0.351 e. The first kappa shape index (κ1) is 16.3. The molecule has 0 radical (unpaired) electrons. The molecule has 0 saturated carbocycles. The summed E-state index contributed by atoms with van der Waals surface area (Å²) in [6, 6.07) is 7.69. The third-order valence-electron chi connectivity index (χ3n) is 3.68. The summed E-state index contributed by atoms with van der Waals surface area (Å²) in [4.78, 5) is 26.2. The third-order valence-corrected chi connectivity index (χ3v) is 4.62. The van der Waals surface area contributed by atoms with Gasteiger partial charge in [0.05, 0.1) is 5.56 Å². The molecule has 2 rings (SSSR count). The Bertz CT molecular complexity index is 531. The molecule has 0 bridgehead atoms. The van der Waals surface area contributed by atoms with Crippen molar-refractivity contribution in [2.75, 3.05) is 13.1 Å². The third kappa shape index (κ3) is 4.18. The summed E-state index contributed by atoms with van der Waals surface area (Å²) in [6.45, 7) is 5.13. The van der Waals surface area contributed by atoms with E-state index in [0.29, 0.717) is 6.54 Å². The van der Waals surface area contributed by atoms with Crippen LogP contribution in [0.25, 0.3) is 0 Å². The maximum Gasteiger partial charge on any atom is 0.254 e. The Kier molecular flexibility index (Phi) is 5.61. The van der Waals surface area contributed by atoms with Crippen molar-refractivity contribution in [1.29, 1.82) is 0 Å². The van der Waals surface area contributed by atoms with Gasteiger partial charge in [-0.15, -0.1) is 0 Å². The second-order valence-corrected chi connectivity index (χ2v) is 6.90. The number of hydrogen-bond donors (Lipinski definition) is 1. The number of hydrogen-bond acceptors (Lipinski definition) is 2. The number of amides is 2. The fourth-order valence-corrected chi connectivity index (χ4v) is 3.07. The lowest BCUT2D eigenvalue weighted by Crippen LogP contribution is -2.50. The van der Waals surface area contributed by atoms with Gasteiger partial charge < -0.3 is 10.2 Å². The number of nitrogens with zero attached hydrogens (tertiary/aromatic N) is 1. The molecule has 1 saturated heterocycles. The Morgan fingerprint density at radius 1 is 1.33 bits per heavy atom. The molecule has 4 nitrogen and oxygen atoms in total. The molecule has 1 heterocycles. The first-order valence-corrected chi connectivity index (χ1v) is 8.41. The highest BCUT2D eigenvalue weighted by atomic mass is 127. The standard InChI is InChI=1S/C16H21IN2O2/c1-11(2)15(20)18-12-6-5-9-19(10-12)16(21)13-7-3-4-8-14(13)17/h3-4,7-8,11-12H,5-6,9-10H2,1-2H3,(H,18,20). The average molecular weight is 400 g/mol. The topological polar surface area (TPSA) is 49.4 Å². The molecule has 1 aliphatic heterocycles. The van der Waals surface area contributed by atoms with Crippen LogP contribution < -0.4 is 5.32 Å². The SMILES string of the molecule is CC(C)C(=O)NC1CCCN(C(=O)c2ccccc2I)C1. The number of likely N-dealkylation sites (tertiary alicyclic amines) is 1. The quantitative estimate of drug-likeness (QED) is 0.794. The van der Waals surface area contributed by atoms with Crippen molar-refractivity contribution >= 4 is 34.4 Å². The molecule has 1 N–H and O–H groups in total. The second kappa shape index (κ2) is 7.24. The van der Waals surface area contributed by atoms with E-state index in [0.717, 1.165) is 28.5 Å². The highest BCUT2D eigenvalue weighted by Gasteiger charge is 2.26. The highest BCUT2D eigenvalue weighted by molar-refractivity contribution is 14.1. The van der Waals surface area contributed by atoms with E-state index in [4.69, 9.17) is 0 Å². The summed E-state index contributed by atoms with van der Waals surface area (Å²) in [7, 11) is 0. The zero-order valence-electron chi connectivity index (χ0n) is 12.4. The molecule has 0 aliphatic carbocycles. The monoisotopic (exact) mass is 400 g/mol. The summed E-state index contributed by atoms with van der Waals surface area (Å²) in [5, 5.41) is 3.03. The van der Waals surface area contributed by atoms with E-state index in [9.17, 15) is 9.59 Å². The molecule has 1 atom stereocenters. The van der Waals surface area contributed by atoms with Crippen molar-refractivity contribution < 1.29 is 9.59 Å². The first-order valence-electron chi connectivity index (χ1n) is 7.33. The molecule has 2 amide bonds. The van der Waals surface area contributed by atoms with Crippen molar-refractivity contribution in [3.63, 3.8) is 0 Å². The Morgan fingerprint density at radius 2 is 2.05 bits per heavy atom. The Labute approximate surface area is 139 Å². The van der Waals surface area contributed by atoms with Gasteiger partial charge in [-0.05, 0) is 47.6 Å². The second-order valence-electron chi connectivity index (χ2n) is 5.73. The normalized spacial score (nSPS) is 18.7. The summed E-state index contributed by atoms with van der Waals surface area (Å²) >= 11 is 2.19. The van der Waals surface area contributed by atoms with Crippen molar-refractivity contribution in [1.82, 2.24) is 10.2 Å². The van der Waals surface area contributed by atoms with E-state index in [2.05, 4.69) is 27.9 Å². The van der Waals surface area contributed by atoms with Gasteiger partial charge >= 0.3 is 0 Å². The maximum absolute atomic E-state index is 12.6. The number of carbonyl (C=O) groups excluding carboxylic acids is 2. The van der Waals surface area contributed by atoms with E-state index in [1.165, 1.54) is 0 Å². The minimum absolute atomic E-state index is 0.0221. The molecular formula is C16H21IN2O2. The first-order chi connectivity index (χ1) is 9.99. The van der Waals surface area contributed by atoms with E-state index in [1.54, 1.807) is 0 Å². The molecule has 1 fully saturated rings. The Morgan fingerprint density at radius 3 is 2.71 bits per heavy atom. The van der Waals surface area contributed by atoms with Crippen LogP contribution in [0.4, 0.5) is 0 Å². The number of benzene rings is 1. The van der Waals surface area contributed by atoms with E-state index in [1.807, 2.05) is 43.0 Å². The van der Waals surface area contributed by atoms with Crippen LogP contribution in [-0.2, 0) is 4.79 Å². The number of carbonyl (C=O) groups is 2. The van der Waals surface area contributed by atoms with Crippen LogP contribution in [0.1, 0.15) is 37.0 Å². The fraction of sp³-hybridized carbons (Fsp3) is 0.500. The van der Waals surface area contributed by atoms with Crippen molar-refractivity contribution in [3.05, 3.63) is 33.4 Å². The van der Waals surface area contributed by atoms with Gasteiger partial charge in [0.15, 0.2) is 0 Å². The lowest BCUT2D eigenvalue weighted by molar-refractivity contribution is -0.125. The van der Waals surface area contributed by atoms with Crippen molar-refractivity contribution in [2.45, 2.75) is 32.7 Å².